The molecule has 0 spiro atoms. The zero-order valence-corrected chi connectivity index (χ0v) is 18.0. The lowest BCUT2D eigenvalue weighted by Gasteiger charge is -2.37. The minimum atomic E-state index is 0.955. The molecule has 0 saturated heterocycles. The summed E-state index contributed by atoms with van der Waals surface area (Å²) in [6.07, 6.45) is 23.2. The van der Waals surface area contributed by atoms with Crippen LogP contribution in [0.3, 0.4) is 0 Å². The minimum Gasteiger partial charge on any atom is -0.0879 e. The molecule has 0 radical (unpaired) electrons. The Kier molecular flexibility index (Phi) is 8.49. The van der Waals surface area contributed by atoms with Crippen LogP contribution in [0.4, 0.5) is 0 Å². The van der Waals surface area contributed by atoms with Gasteiger partial charge in [0.15, 0.2) is 0 Å². The van der Waals surface area contributed by atoms with Crippen molar-refractivity contribution >= 4 is 0 Å². The van der Waals surface area contributed by atoms with Crippen molar-refractivity contribution < 1.29 is 0 Å². The Morgan fingerprint density at radius 1 is 0.704 bits per heavy atom. The summed E-state index contributed by atoms with van der Waals surface area (Å²) in [7, 11) is 0. The molecule has 2 saturated carbocycles. The van der Waals surface area contributed by atoms with E-state index in [0.29, 0.717) is 0 Å². The molecule has 2 fully saturated rings. The fraction of sp³-hybridized carbons (Fsp3) is 0.704. The lowest BCUT2D eigenvalue weighted by Crippen LogP contribution is -2.25. The van der Waals surface area contributed by atoms with Gasteiger partial charge in [0.1, 0.15) is 0 Å². The van der Waals surface area contributed by atoms with Gasteiger partial charge in [0.05, 0.1) is 0 Å². The molecule has 0 heteroatoms. The second-order valence-electron chi connectivity index (χ2n) is 9.45. The Bertz CT molecular complexity index is 536. The van der Waals surface area contributed by atoms with Crippen molar-refractivity contribution in [2.45, 2.75) is 97.3 Å². The van der Waals surface area contributed by atoms with Gasteiger partial charge in [0.25, 0.3) is 0 Å². The topological polar surface area (TPSA) is 0 Å². The quantitative estimate of drug-likeness (QED) is 0.407. The number of rotatable bonds is 8. The molecule has 2 aliphatic rings. The third-order valence-electron chi connectivity index (χ3n) is 7.58. The van der Waals surface area contributed by atoms with E-state index in [1.165, 1.54) is 88.2 Å². The van der Waals surface area contributed by atoms with Crippen LogP contribution in [0.15, 0.2) is 36.4 Å². The second kappa shape index (κ2) is 11.1. The highest BCUT2D eigenvalue weighted by Gasteiger charge is 2.30. The zero-order chi connectivity index (χ0) is 18.9. The molecule has 0 aliphatic heterocycles. The van der Waals surface area contributed by atoms with Gasteiger partial charge in [-0.25, -0.2) is 0 Å². The molecular formula is C27H42. The number of allylic oxidation sites excluding steroid dienone is 2. The molecule has 0 nitrogen and oxygen atoms in total. The third kappa shape index (κ3) is 6.51. The van der Waals surface area contributed by atoms with E-state index >= 15 is 0 Å². The predicted octanol–water partition coefficient (Wildman–Crippen LogP) is 8.15. The first-order chi connectivity index (χ1) is 13.3. The van der Waals surface area contributed by atoms with E-state index < -0.39 is 0 Å². The smallest absolute Gasteiger partial charge is 0.00975 e. The van der Waals surface area contributed by atoms with E-state index in [1.54, 1.807) is 0 Å². The maximum Gasteiger partial charge on any atom is -0.00975 e. The van der Waals surface area contributed by atoms with Crippen molar-refractivity contribution in [3.05, 3.63) is 47.5 Å². The van der Waals surface area contributed by atoms with Crippen LogP contribution in [0.5, 0.6) is 0 Å². The zero-order valence-electron chi connectivity index (χ0n) is 18.0. The Labute approximate surface area is 168 Å². The first kappa shape index (κ1) is 20.7. The molecule has 0 bridgehead atoms. The minimum absolute atomic E-state index is 0.955. The van der Waals surface area contributed by atoms with E-state index in [-0.39, 0.29) is 0 Å². The van der Waals surface area contributed by atoms with E-state index in [9.17, 15) is 0 Å². The molecular weight excluding hydrogens is 324 g/mol. The Morgan fingerprint density at radius 2 is 1.26 bits per heavy atom. The van der Waals surface area contributed by atoms with Gasteiger partial charge in [0.2, 0.25) is 0 Å². The summed E-state index contributed by atoms with van der Waals surface area (Å²) in [6.45, 7) is 4.63. The van der Waals surface area contributed by atoms with E-state index in [2.05, 4.69) is 50.3 Å². The normalized spacial score (nSPS) is 29.3. The molecule has 0 heterocycles. The van der Waals surface area contributed by atoms with Crippen molar-refractivity contribution in [3.63, 3.8) is 0 Å². The molecule has 1 aromatic carbocycles. The fourth-order valence-electron chi connectivity index (χ4n) is 5.60. The molecule has 27 heavy (non-hydrogen) atoms. The van der Waals surface area contributed by atoms with Crippen LogP contribution in [0.2, 0.25) is 0 Å². The van der Waals surface area contributed by atoms with Gasteiger partial charge in [-0.15, -0.1) is 0 Å². The van der Waals surface area contributed by atoms with Gasteiger partial charge in [-0.2, -0.15) is 0 Å². The lowest BCUT2D eigenvalue weighted by atomic mass is 9.68. The highest BCUT2D eigenvalue weighted by molar-refractivity contribution is 5.24. The van der Waals surface area contributed by atoms with Crippen LogP contribution in [0, 0.1) is 23.7 Å². The van der Waals surface area contributed by atoms with Gasteiger partial charge in [-0.05, 0) is 92.6 Å². The molecule has 1 aromatic rings. The summed E-state index contributed by atoms with van der Waals surface area (Å²) in [5.41, 5.74) is 2.93. The number of hydrogen-bond acceptors (Lipinski definition) is 0. The van der Waals surface area contributed by atoms with Crippen molar-refractivity contribution in [2.75, 3.05) is 0 Å². The molecule has 0 atom stereocenters. The Balaban J connectivity index is 1.33. The molecule has 0 N–H and O–H groups in total. The lowest BCUT2D eigenvalue weighted by molar-refractivity contribution is 0.145. The SMILES string of the molecule is CCCc1ccc(C/C=C\CC2CCC(C3CCC(CC)CC3)CC2)cc1. The highest BCUT2D eigenvalue weighted by Crippen LogP contribution is 2.42. The van der Waals surface area contributed by atoms with Crippen LogP contribution in [-0.4, -0.2) is 0 Å². The van der Waals surface area contributed by atoms with E-state index in [1.807, 2.05) is 0 Å². The maximum atomic E-state index is 2.47. The van der Waals surface area contributed by atoms with Crippen LogP contribution in [0.1, 0.15) is 95.6 Å². The van der Waals surface area contributed by atoms with Crippen molar-refractivity contribution in [1.29, 1.82) is 0 Å². The molecule has 0 aromatic heterocycles. The predicted molar refractivity (Wildman–Crippen MR) is 119 cm³/mol. The third-order valence-corrected chi connectivity index (χ3v) is 7.58. The van der Waals surface area contributed by atoms with Gasteiger partial charge < -0.3 is 0 Å². The van der Waals surface area contributed by atoms with Gasteiger partial charge in [-0.3, -0.25) is 0 Å². The second-order valence-corrected chi connectivity index (χ2v) is 9.45. The Morgan fingerprint density at radius 3 is 1.81 bits per heavy atom. The summed E-state index contributed by atoms with van der Waals surface area (Å²) in [5, 5.41) is 0. The first-order valence-electron chi connectivity index (χ1n) is 12.0. The van der Waals surface area contributed by atoms with Gasteiger partial charge >= 0.3 is 0 Å². The number of aryl methyl sites for hydroxylation is 1. The van der Waals surface area contributed by atoms with E-state index in [0.717, 1.165) is 30.1 Å². The molecule has 3 rings (SSSR count). The summed E-state index contributed by atoms with van der Waals surface area (Å²) in [6, 6.07) is 9.24. The number of hydrogen-bond donors (Lipinski definition) is 0. The average Bonchev–Trinajstić information content (AvgIpc) is 2.73. The van der Waals surface area contributed by atoms with Gasteiger partial charge in [-0.1, -0.05) is 75.9 Å². The Hall–Kier alpha value is -1.04. The summed E-state index contributed by atoms with van der Waals surface area (Å²) < 4.78 is 0. The van der Waals surface area contributed by atoms with Crippen molar-refractivity contribution in [1.82, 2.24) is 0 Å². The summed E-state index contributed by atoms with van der Waals surface area (Å²) in [5.74, 6) is 4.13. The molecule has 0 amide bonds. The van der Waals surface area contributed by atoms with E-state index in [4.69, 9.17) is 0 Å². The van der Waals surface area contributed by atoms with Crippen LogP contribution in [0.25, 0.3) is 0 Å². The molecule has 2 aliphatic carbocycles. The van der Waals surface area contributed by atoms with Crippen molar-refractivity contribution in [2.24, 2.45) is 23.7 Å². The van der Waals surface area contributed by atoms with Crippen molar-refractivity contribution in [3.8, 4) is 0 Å². The largest absolute Gasteiger partial charge is 0.0879 e. The van der Waals surface area contributed by atoms with Gasteiger partial charge in [0, 0.05) is 0 Å². The first-order valence-corrected chi connectivity index (χ1v) is 12.0. The summed E-state index contributed by atoms with van der Waals surface area (Å²) >= 11 is 0. The van der Waals surface area contributed by atoms with Crippen LogP contribution in [-0.2, 0) is 12.8 Å². The standard InChI is InChI=1S/C27H42/c1-3-7-23-10-12-24(13-11-23)8-5-6-9-25-16-20-27(21-17-25)26-18-14-22(4-2)15-19-26/h5-6,10-13,22,25-27H,3-4,7-9,14-21H2,1-2H3/b6-5-. The average molecular weight is 367 g/mol. The highest BCUT2D eigenvalue weighted by atomic mass is 14.4. The van der Waals surface area contributed by atoms with Crippen LogP contribution < -0.4 is 0 Å². The maximum absolute atomic E-state index is 2.47. The molecule has 150 valence electrons. The monoisotopic (exact) mass is 366 g/mol. The fourth-order valence-corrected chi connectivity index (χ4v) is 5.60. The van der Waals surface area contributed by atoms with Crippen LogP contribution >= 0.6 is 0 Å². The number of benzene rings is 1. The summed E-state index contributed by atoms with van der Waals surface area (Å²) in [4.78, 5) is 0. The molecule has 0 unspecified atom stereocenters.